The van der Waals surface area contributed by atoms with Crippen LogP contribution in [0.25, 0.3) is 0 Å². The van der Waals surface area contributed by atoms with E-state index >= 15 is 0 Å². The highest BCUT2D eigenvalue weighted by Gasteiger charge is 2.07. The Kier molecular flexibility index (Phi) is 3.85. The summed E-state index contributed by atoms with van der Waals surface area (Å²) >= 11 is 0. The van der Waals surface area contributed by atoms with Crippen molar-refractivity contribution in [1.29, 1.82) is 0 Å². The second kappa shape index (κ2) is 3.94. The van der Waals surface area contributed by atoms with E-state index in [4.69, 9.17) is 0 Å². The maximum atomic E-state index is 2.37. The van der Waals surface area contributed by atoms with Crippen LogP contribution >= 0.6 is 0 Å². The molecule has 0 aromatic carbocycles. The van der Waals surface area contributed by atoms with Crippen LogP contribution in [-0.2, 0) is 0 Å². The predicted molar refractivity (Wildman–Crippen MR) is 52.7 cm³/mol. The predicted octanol–water partition coefficient (Wildman–Crippen LogP) is 4.02. The monoisotopic (exact) mass is 154 g/mol. The smallest absolute Gasteiger partial charge is 0.0263 e. The van der Waals surface area contributed by atoms with Gasteiger partial charge in [0.15, 0.2) is 0 Å². The van der Waals surface area contributed by atoms with Crippen LogP contribution in [-0.4, -0.2) is 0 Å². The van der Waals surface area contributed by atoms with Crippen molar-refractivity contribution in [3.8, 4) is 0 Å². The van der Waals surface area contributed by atoms with E-state index in [1.807, 2.05) is 0 Å². The molecule has 0 bridgehead atoms. The van der Waals surface area contributed by atoms with Crippen molar-refractivity contribution in [2.45, 2.75) is 48.0 Å². The summed E-state index contributed by atoms with van der Waals surface area (Å²) in [6.45, 7) is 13.5. The minimum absolute atomic E-state index is 0.441. The molecule has 0 aromatic rings. The van der Waals surface area contributed by atoms with Gasteiger partial charge in [0.2, 0.25) is 0 Å². The van der Waals surface area contributed by atoms with E-state index in [9.17, 15) is 0 Å². The molecule has 0 radical (unpaired) electrons. The molecule has 66 valence electrons. The molecule has 0 rings (SSSR count). The molecule has 0 heteroatoms. The van der Waals surface area contributed by atoms with Crippen molar-refractivity contribution in [3.05, 3.63) is 11.6 Å². The Morgan fingerprint density at radius 1 is 1.27 bits per heavy atom. The zero-order chi connectivity index (χ0) is 9.07. The van der Waals surface area contributed by atoms with Gasteiger partial charge in [-0.2, -0.15) is 0 Å². The molecule has 0 saturated heterocycles. The Hall–Kier alpha value is -0.260. The summed E-state index contributed by atoms with van der Waals surface area (Å²) in [4.78, 5) is 0. The molecule has 0 N–H and O–H groups in total. The molecule has 11 heavy (non-hydrogen) atoms. The first kappa shape index (κ1) is 10.7. The molecule has 0 aliphatic heterocycles. The summed E-state index contributed by atoms with van der Waals surface area (Å²) in [6.07, 6.45) is 3.56. The molecule has 0 spiro atoms. The lowest BCUT2D eigenvalue weighted by Crippen LogP contribution is -2.03. The molecule has 0 fully saturated rings. The quantitative estimate of drug-likeness (QED) is 0.527. The van der Waals surface area contributed by atoms with Gasteiger partial charge in [0.25, 0.3) is 0 Å². The Labute approximate surface area is 71.7 Å². The summed E-state index contributed by atoms with van der Waals surface area (Å²) in [6, 6.07) is 0. The van der Waals surface area contributed by atoms with Crippen molar-refractivity contribution >= 4 is 0 Å². The van der Waals surface area contributed by atoms with Gasteiger partial charge >= 0.3 is 0 Å². The summed E-state index contributed by atoms with van der Waals surface area (Å²) in [5.74, 6) is 0.706. The lowest BCUT2D eigenvalue weighted by Gasteiger charge is -2.16. The molecule has 0 aromatic heterocycles. The molecule has 0 aliphatic carbocycles. The van der Waals surface area contributed by atoms with Crippen LogP contribution < -0.4 is 0 Å². The second-order valence-electron chi connectivity index (χ2n) is 4.87. The first-order valence-electron chi connectivity index (χ1n) is 4.49. The van der Waals surface area contributed by atoms with Crippen LogP contribution in [0.4, 0.5) is 0 Å². The number of allylic oxidation sites excluding steroid dienone is 2. The molecule has 0 heterocycles. The fourth-order valence-electron chi connectivity index (χ4n) is 0.703. The Morgan fingerprint density at radius 2 is 1.73 bits per heavy atom. The SMILES string of the molecule is C/C(=C\CC(C)(C)C)C(C)C. The van der Waals surface area contributed by atoms with Gasteiger partial charge in [-0.25, -0.2) is 0 Å². The Morgan fingerprint density at radius 3 is 2.00 bits per heavy atom. The van der Waals surface area contributed by atoms with Crippen LogP contribution in [0.2, 0.25) is 0 Å². The van der Waals surface area contributed by atoms with E-state index in [2.05, 4.69) is 47.6 Å². The molecule has 0 saturated carbocycles. The van der Waals surface area contributed by atoms with Crippen LogP contribution in [0, 0.1) is 11.3 Å². The van der Waals surface area contributed by atoms with Gasteiger partial charge in [0.05, 0.1) is 0 Å². The van der Waals surface area contributed by atoms with Gasteiger partial charge in [-0.3, -0.25) is 0 Å². The van der Waals surface area contributed by atoms with Crippen molar-refractivity contribution in [2.75, 3.05) is 0 Å². The number of hydrogen-bond acceptors (Lipinski definition) is 0. The average molecular weight is 154 g/mol. The fraction of sp³-hybridized carbons (Fsp3) is 0.818. The van der Waals surface area contributed by atoms with E-state index in [-0.39, 0.29) is 0 Å². The zero-order valence-corrected chi connectivity index (χ0v) is 8.86. The van der Waals surface area contributed by atoms with Crippen LogP contribution in [0.3, 0.4) is 0 Å². The van der Waals surface area contributed by atoms with Gasteiger partial charge < -0.3 is 0 Å². The minimum atomic E-state index is 0.441. The fourth-order valence-corrected chi connectivity index (χ4v) is 0.703. The standard InChI is InChI=1S/C11H22/c1-9(2)10(3)7-8-11(4,5)6/h7,9H,8H2,1-6H3/b10-7+. The summed E-state index contributed by atoms with van der Waals surface area (Å²) in [5, 5.41) is 0. The lowest BCUT2D eigenvalue weighted by atomic mass is 9.90. The Balaban J connectivity index is 3.93. The van der Waals surface area contributed by atoms with Gasteiger partial charge in [-0.05, 0) is 24.7 Å². The zero-order valence-electron chi connectivity index (χ0n) is 8.86. The maximum Gasteiger partial charge on any atom is -0.0263 e. The van der Waals surface area contributed by atoms with Gasteiger partial charge in [0, 0.05) is 0 Å². The third-order valence-electron chi connectivity index (χ3n) is 1.95. The van der Waals surface area contributed by atoms with Crippen LogP contribution in [0.5, 0.6) is 0 Å². The first-order chi connectivity index (χ1) is 4.83. The number of hydrogen-bond donors (Lipinski definition) is 0. The molecule has 0 unspecified atom stereocenters. The van der Waals surface area contributed by atoms with E-state index < -0.39 is 0 Å². The van der Waals surface area contributed by atoms with E-state index in [0.29, 0.717) is 11.3 Å². The van der Waals surface area contributed by atoms with Crippen molar-refractivity contribution in [1.82, 2.24) is 0 Å². The number of rotatable bonds is 2. The normalized spacial score (nSPS) is 14.3. The highest BCUT2D eigenvalue weighted by Crippen LogP contribution is 2.21. The van der Waals surface area contributed by atoms with E-state index in [0.717, 1.165) is 0 Å². The average Bonchev–Trinajstić information content (AvgIpc) is 1.80. The lowest BCUT2D eigenvalue weighted by molar-refractivity contribution is 0.418. The van der Waals surface area contributed by atoms with Gasteiger partial charge in [0.1, 0.15) is 0 Å². The molecule has 0 amide bonds. The molecule has 0 aliphatic rings. The largest absolute Gasteiger partial charge is 0.0848 e. The minimum Gasteiger partial charge on any atom is -0.0848 e. The third kappa shape index (κ3) is 6.15. The van der Waals surface area contributed by atoms with E-state index in [1.54, 1.807) is 0 Å². The molecule has 0 nitrogen and oxygen atoms in total. The highest BCUT2D eigenvalue weighted by atomic mass is 14.1. The van der Waals surface area contributed by atoms with E-state index in [1.165, 1.54) is 12.0 Å². The summed E-state index contributed by atoms with van der Waals surface area (Å²) < 4.78 is 0. The molecule has 0 atom stereocenters. The summed E-state index contributed by atoms with van der Waals surface area (Å²) in [5.41, 5.74) is 1.95. The highest BCUT2D eigenvalue weighted by molar-refractivity contribution is 5.01. The molecular weight excluding hydrogens is 132 g/mol. The maximum absolute atomic E-state index is 2.37. The van der Waals surface area contributed by atoms with Crippen LogP contribution in [0.1, 0.15) is 48.0 Å². The first-order valence-corrected chi connectivity index (χ1v) is 4.49. The third-order valence-corrected chi connectivity index (χ3v) is 1.95. The topological polar surface area (TPSA) is 0 Å². The Bertz CT molecular complexity index is 133. The van der Waals surface area contributed by atoms with Crippen molar-refractivity contribution in [2.24, 2.45) is 11.3 Å². The van der Waals surface area contributed by atoms with Gasteiger partial charge in [-0.15, -0.1) is 0 Å². The summed E-state index contributed by atoms with van der Waals surface area (Å²) in [7, 11) is 0. The molecular formula is C11H22. The van der Waals surface area contributed by atoms with Crippen molar-refractivity contribution in [3.63, 3.8) is 0 Å². The van der Waals surface area contributed by atoms with Gasteiger partial charge in [-0.1, -0.05) is 46.3 Å². The van der Waals surface area contributed by atoms with Crippen molar-refractivity contribution < 1.29 is 0 Å². The second-order valence-corrected chi connectivity index (χ2v) is 4.87. The van der Waals surface area contributed by atoms with Crippen LogP contribution in [0.15, 0.2) is 11.6 Å².